The number of pyridine rings is 1. The zero-order chi connectivity index (χ0) is 20.4. The minimum Gasteiger partial charge on any atom is -0.382 e. The molecule has 3 aromatic heterocycles. The van der Waals surface area contributed by atoms with Crippen LogP contribution in [0, 0.1) is 11.6 Å². The van der Waals surface area contributed by atoms with Crippen LogP contribution in [0.4, 0.5) is 8.78 Å². The van der Waals surface area contributed by atoms with Crippen molar-refractivity contribution in [3.63, 3.8) is 0 Å². The predicted molar refractivity (Wildman–Crippen MR) is 104 cm³/mol. The smallest absolute Gasteiger partial charge is 0.137 e. The van der Waals surface area contributed by atoms with Crippen LogP contribution in [0.25, 0.3) is 11.3 Å². The zero-order valence-electron chi connectivity index (χ0n) is 15.4. The summed E-state index contributed by atoms with van der Waals surface area (Å²) in [6, 6.07) is 6.82. The van der Waals surface area contributed by atoms with Crippen molar-refractivity contribution in [2.75, 3.05) is 0 Å². The van der Waals surface area contributed by atoms with Crippen LogP contribution >= 0.6 is 11.3 Å². The molecule has 0 radical (unpaired) electrons. The van der Waals surface area contributed by atoms with Gasteiger partial charge in [-0.15, -0.1) is 11.3 Å². The van der Waals surface area contributed by atoms with E-state index in [0.717, 1.165) is 23.4 Å². The van der Waals surface area contributed by atoms with Gasteiger partial charge in [0.15, 0.2) is 0 Å². The Morgan fingerprint density at radius 1 is 1.17 bits per heavy atom. The molecule has 4 rings (SSSR count). The van der Waals surface area contributed by atoms with E-state index in [-0.39, 0.29) is 12.1 Å². The Labute approximate surface area is 169 Å². The number of aromatic nitrogens is 5. The van der Waals surface area contributed by atoms with Gasteiger partial charge >= 0.3 is 0 Å². The summed E-state index contributed by atoms with van der Waals surface area (Å²) in [7, 11) is 0. The van der Waals surface area contributed by atoms with Gasteiger partial charge in [0.25, 0.3) is 0 Å². The van der Waals surface area contributed by atoms with Crippen LogP contribution in [-0.4, -0.2) is 29.8 Å². The first-order chi connectivity index (χ1) is 14.0. The molecular formula is C20H17F2N5OS. The fraction of sp³-hybridized carbons (Fsp3) is 0.200. The molecule has 0 fully saturated rings. The molecule has 0 amide bonds. The quantitative estimate of drug-likeness (QED) is 0.521. The number of hydrogen-bond acceptors (Lipinski definition) is 6. The molecule has 1 N–H and O–H groups in total. The Bertz CT molecular complexity index is 1100. The second-order valence-corrected chi connectivity index (χ2v) is 7.56. The highest BCUT2D eigenvalue weighted by atomic mass is 32.1. The molecule has 0 spiro atoms. The number of halogens is 2. The summed E-state index contributed by atoms with van der Waals surface area (Å²) in [6.07, 6.45) is 6.11. The van der Waals surface area contributed by atoms with Gasteiger partial charge in [-0.3, -0.25) is 4.98 Å². The first-order valence-corrected chi connectivity index (χ1v) is 9.71. The topological polar surface area (TPSA) is 76.7 Å². The molecule has 6 nitrogen and oxygen atoms in total. The molecule has 0 bridgehead atoms. The van der Waals surface area contributed by atoms with Gasteiger partial charge in [-0.2, -0.15) is 5.10 Å². The van der Waals surface area contributed by atoms with E-state index in [1.807, 2.05) is 17.5 Å². The molecule has 0 aliphatic carbocycles. The molecule has 1 aromatic carbocycles. The Kier molecular flexibility index (Phi) is 5.16. The second-order valence-electron chi connectivity index (χ2n) is 6.67. The summed E-state index contributed by atoms with van der Waals surface area (Å²) >= 11 is 1.36. The van der Waals surface area contributed by atoms with E-state index in [9.17, 15) is 13.9 Å². The highest BCUT2D eigenvalue weighted by Gasteiger charge is 2.41. The van der Waals surface area contributed by atoms with Gasteiger partial charge in [-0.05, 0) is 18.2 Å². The highest BCUT2D eigenvalue weighted by molar-refractivity contribution is 7.10. The largest absolute Gasteiger partial charge is 0.382 e. The highest BCUT2D eigenvalue weighted by Crippen LogP contribution is 2.41. The van der Waals surface area contributed by atoms with Gasteiger partial charge in [0, 0.05) is 40.9 Å². The summed E-state index contributed by atoms with van der Waals surface area (Å²) in [5.74, 6) is -2.14. The van der Waals surface area contributed by atoms with Gasteiger partial charge in [0.05, 0.1) is 17.2 Å². The second kappa shape index (κ2) is 7.76. The summed E-state index contributed by atoms with van der Waals surface area (Å²) in [5.41, 5.74) is -0.120. The minimum absolute atomic E-state index is 0.0254. The Hall–Kier alpha value is -3.04. The molecule has 0 aliphatic rings. The Morgan fingerprint density at radius 2 is 1.97 bits per heavy atom. The van der Waals surface area contributed by atoms with Crippen molar-refractivity contribution in [3.05, 3.63) is 83.0 Å². The number of nitrogens with zero attached hydrogens (tertiary/aromatic N) is 5. The van der Waals surface area contributed by atoms with Crippen molar-refractivity contribution in [2.24, 2.45) is 0 Å². The third-order valence-electron chi connectivity index (χ3n) is 4.85. The zero-order valence-corrected chi connectivity index (χ0v) is 16.2. The molecule has 0 aliphatic heterocycles. The maximum absolute atomic E-state index is 14.7. The van der Waals surface area contributed by atoms with Crippen LogP contribution in [0.5, 0.6) is 0 Å². The minimum atomic E-state index is -1.72. The number of hydrogen-bond donors (Lipinski definition) is 1. The number of thiazole rings is 1. The normalized spacial score (nSPS) is 14.5. The van der Waals surface area contributed by atoms with Crippen LogP contribution in [0.3, 0.4) is 0 Å². The number of rotatable bonds is 6. The Morgan fingerprint density at radius 3 is 2.66 bits per heavy atom. The lowest BCUT2D eigenvalue weighted by atomic mass is 9.82. The van der Waals surface area contributed by atoms with E-state index in [0.29, 0.717) is 5.01 Å². The standard InChI is InChI=1S/C20H17F2N5OS/c1-13(19-26-18(9-29-19)14-4-6-23-7-5-14)20(28,10-27-12-24-11-25-27)16-3-2-15(21)8-17(16)22/h2-9,11-13,28H,10H2,1H3. The molecule has 0 saturated carbocycles. The fourth-order valence-corrected chi connectivity index (χ4v) is 4.17. The fourth-order valence-electron chi connectivity index (χ4n) is 3.20. The molecule has 29 heavy (non-hydrogen) atoms. The third-order valence-corrected chi connectivity index (χ3v) is 5.88. The van der Waals surface area contributed by atoms with Crippen molar-refractivity contribution in [2.45, 2.75) is 25.0 Å². The maximum Gasteiger partial charge on any atom is 0.137 e. The van der Waals surface area contributed by atoms with Crippen LogP contribution < -0.4 is 0 Å². The predicted octanol–water partition coefficient (Wildman–Crippen LogP) is 3.77. The molecule has 2 atom stereocenters. The summed E-state index contributed by atoms with van der Waals surface area (Å²) < 4.78 is 29.5. The lowest BCUT2D eigenvalue weighted by molar-refractivity contribution is -0.0112. The van der Waals surface area contributed by atoms with E-state index in [1.54, 1.807) is 19.3 Å². The van der Waals surface area contributed by atoms with E-state index in [4.69, 9.17) is 0 Å². The van der Waals surface area contributed by atoms with Crippen molar-refractivity contribution in [3.8, 4) is 11.3 Å². The Balaban J connectivity index is 1.75. The molecule has 3 heterocycles. The lowest BCUT2D eigenvalue weighted by Crippen LogP contribution is -2.38. The lowest BCUT2D eigenvalue weighted by Gasteiger charge is -2.33. The van der Waals surface area contributed by atoms with Gasteiger partial charge < -0.3 is 5.11 Å². The van der Waals surface area contributed by atoms with E-state index >= 15 is 0 Å². The van der Waals surface area contributed by atoms with Gasteiger partial charge in [-0.1, -0.05) is 13.0 Å². The molecule has 0 saturated heterocycles. The van der Waals surface area contributed by atoms with E-state index < -0.39 is 23.2 Å². The molecule has 148 valence electrons. The average Bonchev–Trinajstić information content (AvgIpc) is 3.40. The van der Waals surface area contributed by atoms with Crippen molar-refractivity contribution in [1.29, 1.82) is 0 Å². The van der Waals surface area contributed by atoms with Gasteiger partial charge in [0.1, 0.15) is 29.9 Å². The van der Waals surface area contributed by atoms with Crippen molar-refractivity contribution in [1.82, 2.24) is 24.7 Å². The first-order valence-electron chi connectivity index (χ1n) is 8.83. The summed E-state index contributed by atoms with van der Waals surface area (Å²) in [5, 5.41) is 18.1. The van der Waals surface area contributed by atoms with Crippen LogP contribution in [0.2, 0.25) is 0 Å². The van der Waals surface area contributed by atoms with Crippen LogP contribution in [0.15, 0.2) is 60.8 Å². The van der Waals surface area contributed by atoms with Gasteiger partial charge in [-0.25, -0.2) is 23.4 Å². The number of aliphatic hydroxyl groups is 1. The van der Waals surface area contributed by atoms with E-state index in [1.165, 1.54) is 34.7 Å². The number of benzene rings is 1. The molecular weight excluding hydrogens is 396 g/mol. The monoisotopic (exact) mass is 413 g/mol. The molecule has 2 unspecified atom stereocenters. The van der Waals surface area contributed by atoms with Crippen LogP contribution in [-0.2, 0) is 12.1 Å². The third kappa shape index (κ3) is 3.79. The summed E-state index contributed by atoms with van der Waals surface area (Å²) in [6.45, 7) is 1.69. The van der Waals surface area contributed by atoms with Crippen LogP contribution in [0.1, 0.15) is 23.4 Å². The maximum atomic E-state index is 14.7. The average molecular weight is 413 g/mol. The molecule has 4 aromatic rings. The summed E-state index contributed by atoms with van der Waals surface area (Å²) in [4.78, 5) is 12.5. The SMILES string of the molecule is CC(c1nc(-c2ccncc2)cs1)C(O)(Cn1cncn1)c1ccc(F)cc1F. The van der Waals surface area contributed by atoms with Crippen molar-refractivity contribution >= 4 is 11.3 Å². The molecule has 9 heteroatoms. The van der Waals surface area contributed by atoms with Gasteiger partial charge in [0.2, 0.25) is 0 Å². The van der Waals surface area contributed by atoms with Crippen molar-refractivity contribution < 1.29 is 13.9 Å². The van der Waals surface area contributed by atoms with E-state index in [2.05, 4.69) is 20.1 Å². The first kappa shape index (κ1) is 19.3.